The molecule has 0 bridgehead atoms. The van der Waals surface area contributed by atoms with Crippen molar-refractivity contribution in [1.82, 2.24) is 15.1 Å². The van der Waals surface area contributed by atoms with Crippen molar-refractivity contribution in [3.05, 3.63) is 34.9 Å². The summed E-state index contributed by atoms with van der Waals surface area (Å²) in [6.45, 7) is 5.03. The molecule has 5 rings (SSSR count). The Morgan fingerprint density at radius 2 is 1.88 bits per heavy atom. The Kier molecular flexibility index (Phi) is 5.96. The van der Waals surface area contributed by atoms with Crippen LogP contribution in [0, 0.1) is 6.92 Å². The molecule has 0 unspecified atom stereocenters. The Morgan fingerprint density at radius 1 is 1.09 bits per heavy atom. The molecule has 0 amide bonds. The van der Waals surface area contributed by atoms with Crippen LogP contribution in [0.15, 0.2) is 18.2 Å². The number of halogens is 3. The van der Waals surface area contributed by atoms with E-state index in [0.717, 1.165) is 94.6 Å². The molecule has 2 fully saturated rings. The molecule has 3 aliphatic rings. The first-order chi connectivity index (χ1) is 16.1. The van der Waals surface area contributed by atoms with Crippen LogP contribution >= 0.6 is 0 Å². The maximum atomic E-state index is 13.1. The summed E-state index contributed by atoms with van der Waals surface area (Å²) in [7, 11) is 0. The molecule has 1 aromatic carbocycles. The number of phenols is 1. The predicted molar refractivity (Wildman–Crippen MR) is 123 cm³/mol. The van der Waals surface area contributed by atoms with Gasteiger partial charge in [0, 0.05) is 31.2 Å². The lowest BCUT2D eigenvalue weighted by molar-refractivity contribution is -0.137. The molecule has 1 aliphatic carbocycles. The Balaban J connectivity index is 1.38. The van der Waals surface area contributed by atoms with Crippen LogP contribution in [0.3, 0.4) is 0 Å². The molecule has 34 heavy (non-hydrogen) atoms. The monoisotopic (exact) mass is 476 g/mol. The summed E-state index contributed by atoms with van der Waals surface area (Å²) in [5.41, 5.74) is 0.588. The van der Waals surface area contributed by atoms with Gasteiger partial charge in [-0.15, -0.1) is 10.2 Å². The first-order valence-electron chi connectivity index (χ1n) is 12.1. The van der Waals surface area contributed by atoms with E-state index in [4.69, 9.17) is 0 Å². The summed E-state index contributed by atoms with van der Waals surface area (Å²) >= 11 is 0. The van der Waals surface area contributed by atoms with Gasteiger partial charge in [-0.1, -0.05) is 0 Å². The second kappa shape index (κ2) is 8.68. The van der Waals surface area contributed by atoms with Crippen molar-refractivity contribution in [3.63, 3.8) is 0 Å². The third kappa shape index (κ3) is 4.47. The molecule has 184 valence electrons. The number of nitrogens with zero attached hydrogens (tertiary/aromatic N) is 4. The maximum absolute atomic E-state index is 13.1. The second-order valence-corrected chi connectivity index (χ2v) is 10.2. The van der Waals surface area contributed by atoms with Crippen molar-refractivity contribution in [2.45, 2.75) is 69.7 Å². The molecule has 2 N–H and O–H groups in total. The molecule has 0 spiro atoms. The van der Waals surface area contributed by atoms with Crippen LogP contribution in [0.4, 0.5) is 19.0 Å². The zero-order valence-electron chi connectivity index (χ0n) is 19.4. The van der Waals surface area contributed by atoms with Crippen LogP contribution in [-0.2, 0) is 12.6 Å². The third-order valence-electron chi connectivity index (χ3n) is 7.59. The van der Waals surface area contributed by atoms with E-state index in [1.165, 1.54) is 0 Å². The lowest BCUT2D eigenvalue weighted by Gasteiger charge is -2.46. The molecular weight excluding hydrogens is 445 g/mol. The van der Waals surface area contributed by atoms with Crippen molar-refractivity contribution in [3.8, 4) is 17.0 Å². The minimum absolute atomic E-state index is 0.290. The van der Waals surface area contributed by atoms with E-state index >= 15 is 0 Å². The Hall–Kier alpha value is -2.39. The molecule has 6 nitrogen and oxygen atoms in total. The standard InChI is InChI=1S/C25H31F3N4O2/c1-16-11-18(25(26,27)28)13-21(33)22(16)20-12-17-5-2-10-32(23(17)30-29-20)19-6-3-9-31(14-19)15-24(34)7-4-8-24/h11-13,19,33-34H,2-10,14-15H2,1H3/t19-/m1/s1. The Labute approximate surface area is 197 Å². The van der Waals surface area contributed by atoms with Gasteiger partial charge in [-0.2, -0.15) is 13.2 Å². The van der Waals surface area contributed by atoms with Gasteiger partial charge in [-0.25, -0.2) is 0 Å². The fourth-order valence-corrected chi connectivity index (χ4v) is 5.73. The number of benzene rings is 1. The van der Waals surface area contributed by atoms with Crippen LogP contribution in [0.2, 0.25) is 0 Å². The van der Waals surface area contributed by atoms with Gasteiger partial charge in [-0.3, -0.25) is 4.90 Å². The molecule has 3 heterocycles. The molecular formula is C25H31F3N4O2. The summed E-state index contributed by atoms with van der Waals surface area (Å²) in [5, 5.41) is 29.8. The quantitative estimate of drug-likeness (QED) is 0.685. The number of aryl methyl sites for hydroxylation is 2. The minimum atomic E-state index is -4.52. The van der Waals surface area contributed by atoms with Gasteiger partial charge in [0.25, 0.3) is 0 Å². The maximum Gasteiger partial charge on any atom is 0.416 e. The third-order valence-corrected chi connectivity index (χ3v) is 7.59. The lowest BCUT2D eigenvalue weighted by atomic mass is 9.79. The topological polar surface area (TPSA) is 72.7 Å². The molecule has 1 atom stereocenters. The highest BCUT2D eigenvalue weighted by atomic mass is 19.4. The zero-order chi connectivity index (χ0) is 24.1. The highest BCUT2D eigenvalue weighted by molar-refractivity contribution is 5.72. The van der Waals surface area contributed by atoms with E-state index in [1.54, 1.807) is 6.92 Å². The number of rotatable bonds is 4. The van der Waals surface area contributed by atoms with Crippen molar-refractivity contribution >= 4 is 5.82 Å². The van der Waals surface area contributed by atoms with Crippen LogP contribution in [0.1, 0.15) is 55.2 Å². The van der Waals surface area contributed by atoms with E-state index in [9.17, 15) is 23.4 Å². The zero-order valence-corrected chi connectivity index (χ0v) is 19.4. The number of anilines is 1. The van der Waals surface area contributed by atoms with Gasteiger partial charge >= 0.3 is 6.18 Å². The number of fused-ring (bicyclic) bond motifs is 1. The molecule has 1 saturated carbocycles. The van der Waals surface area contributed by atoms with E-state index in [0.29, 0.717) is 11.3 Å². The molecule has 2 aromatic rings. The van der Waals surface area contributed by atoms with Gasteiger partial charge in [0.05, 0.1) is 16.9 Å². The number of β-amino-alcohol motifs (C(OH)–C–C–N with tert-alkyl or cyclic N) is 1. The first-order valence-corrected chi connectivity index (χ1v) is 12.1. The van der Waals surface area contributed by atoms with Gasteiger partial charge < -0.3 is 15.1 Å². The molecule has 2 aliphatic heterocycles. The SMILES string of the molecule is Cc1cc(C(F)(F)F)cc(O)c1-c1cc2c(nn1)N([C@@H]1CCCN(CC3(O)CCC3)C1)CCC2. The summed E-state index contributed by atoms with van der Waals surface area (Å²) in [6, 6.07) is 3.94. The summed E-state index contributed by atoms with van der Waals surface area (Å²) < 4.78 is 39.3. The highest BCUT2D eigenvalue weighted by Gasteiger charge is 2.38. The van der Waals surface area contributed by atoms with Crippen molar-refractivity contribution < 1.29 is 23.4 Å². The highest BCUT2D eigenvalue weighted by Crippen LogP contribution is 2.40. The normalized spacial score (nSPS) is 22.9. The first kappa shape index (κ1) is 23.4. The van der Waals surface area contributed by atoms with Crippen LogP contribution < -0.4 is 4.90 Å². The lowest BCUT2D eigenvalue weighted by Crippen LogP contribution is -2.55. The number of piperidine rings is 1. The molecule has 9 heteroatoms. The van der Waals surface area contributed by atoms with Gasteiger partial charge in [-0.05, 0) is 87.7 Å². The average Bonchev–Trinajstić information content (AvgIpc) is 2.76. The number of aromatic hydroxyl groups is 1. The summed E-state index contributed by atoms with van der Waals surface area (Å²) in [4.78, 5) is 4.68. The van der Waals surface area contributed by atoms with Crippen molar-refractivity contribution in [1.29, 1.82) is 0 Å². The smallest absolute Gasteiger partial charge is 0.416 e. The van der Waals surface area contributed by atoms with E-state index in [2.05, 4.69) is 20.0 Å². The molecule has 0 radical (unpaired) electrons. The number of likely N-dealkylation sites (tertiary alicyclic amines) is 1. The second-order valence-electron chi connectivity index (χ2n) is 10.2. The van der Waals surface area contributed by atoms with Crippen molar-refractivity contribution in [2.75, 3.05) is 31.1 Å². The van der Waals surface area contributed by atoms with Gasteiger partial charge in [0.2, 0.25) is 0 Å². The van der Waals surface area contributed by atoms with E-state index < -0.39 is 23.1 Å². The van der Waals surface area contributed by atoms with Crippen LogP contribution in [-0.4, -0.2) is 63.1 Å². The van der Waals surface area contributed by atoms with Gasteiger partial charge in [0.1, 0.15) is 5.75 Å². The van der Waals surface area contributed by atoms with Crippen LogP contribution in [0.25, 0.3) is 11.3 Å². The van der Waals surface area contributed by atoms with E-state index in [1.807, 2.05) is 6.07 Å². The molecule has 1 aromatic heterocycles. The number of aliphatic hydroxyl groups is 1. The van der Waals surface area contributed by atoms with E-state index in [-0.39, 0.29) is 11.6 Å². The summed E-state index contributed by atoms with van der Waals surface area (Å²) in [5.74, 6) is 0.388. The van der Waals surface area contributed by atoms with Gasteiger partial charge in [0.15, 0.2) is 5.82 Å². The van der Waals surface area contributed by atoms with Crippen molar-refractivity contribution in [2.24, 2.45) is 0 Å². The fraction of sp³-hybridized carbons (Fsp3) is 0.600. The average molecular weight is 477 g/mol. The number of aromatic nitrogens is 2. The number of hydrogen-bond donors (Lipinski definition) is 2. The largest absolute Gasteiger partial charge is 0.507 e. The Morgan fingerprint density at radius 3 is 2.56 bits per heavy atom. The molecule has 1 saturated heterocycles. The fourth-order valence-electron chi connectivity index (χ4n) is 5.73. The summed E-state index contributed by atoms with van der Waals surface area (Å²) in [6.07, 6.45) is 2.22. The minimum Gasteiger partial charge on any atom is -0.507 e. The number of alkyl halides is 3. The number of hydrogen-bond acceptors (Lipinski definition) is 6. The number of phenolic OH excluding ortho intramolecular Hbond substituents is 1. The van der Waals surface area contributed by atoms with Crippen LogP contribution in [0.5, 0.6) is 5.75 Å². The predicted octanol–water partition coefficient (Wildman–Crippen LogP) is 4.31. The Bertz CT molecular complexity index is 1050.